The summed E-state index contributed by atoms with van der Waals surface area (Å²) in [4.78, 5) is 2.28. The molecule has 2 N–H and O–H groups in total. The molecule has 19 heavy (non-hydrogen) atoms. The van der Waals surface area contributed by atoms with Crippen LogP contribution in [0.25, 0.3) is 0 Å². The molecule has 112 valence electrons. The number of nitrogens with two attached hydrogens (primary N) is 1. The third-order valence-electron chi connectivity index (χ3n) is 4.99. The molecule has 2 atom stereocenters. The minimum atomic E-state index is -2.80. The molecule has 4 nitrogen and oxygen atoms in total. The van der Waals surface area contributed by atoms with Crippen molar-refractivity contribution in [3.8, 4) is 0 Å². The molecule has 0 radical (unpaired) electrons. The van der Waals surface area contributed by atoms with Gasteiger partial charge in [0.1, 0.15) is 0 Å². The summed E-state index contributed by atoms with van der Waals surface area (Å²) in [6.07, 6.45) is 8.58. The predicted molar refractivity (Wildman–Crippen MR) is 78.9 cm³/mol. The monoisotopic (exact) mass is 288 g/mol. The van der Waals surface area contributed by atoms with E-state index in [0.29, 0.717) is 30.0 Å². The molecule has 1 saturated carbocycles. The Bertz CT molecular complexity index is 375. The molecule has 0 aromatic rings. The number of sulfone groups is 1. The van der Waals surface area contributed by atoms with Crippen LogP contribution in [0.2, 0.25) is 0 Å². The molecule has 2 rings (SSSR count). The van der Waals surface area contributed by atoms with Gasteiger partial charge in [0.2, 0.25) is 0 Å². The zero-order valence-electron chi connectivity index (χ0n) is 12.1. The second kappa shape index (κ2) is 6.55. The lowest BCUT2D eigenvalue weighted by Crippen LogP contribution is -2.48. The third-order valence-corrected chi connectivity index (χ3v) is 6.74. The van der Waals surface area contributed by atoms with Gasteiger partial charge in [-0.2, -0.15) is 0 Å². The summed E-state index contributed by atoms with van der Waals surface area (Å²) < 4.78 is 23.3. The van der Waals surface area contributed by atoms with Gasteiger partial charge in [-0.15, -0.1) is 0 Å². The van der Waals surface area contributed by atoms with E-state index < -0.39 is 9.84 Å². The molecule has 1 aliphatic carbocycles. The Morgan fingerprint density at radius 1 is 1.16 bits per heavy atom. The summed E-state index contributed by atoms with van der Waals surface area (Å²) in [5.74, 6) is 1.33. The topological polar surface area (TPSA) is 63.4 Å². The molecule has 0 spiro atoms. The molecule has 0 aromatic heterocycles. The summed E-state index contributed by atoms with van der Waals surface area (Å²) >= 11 is 0. The van der Waals surface area contributed by atoms with Crippen LogP contribution < -0.4 is 5.73 Å². The van der Waals surface area contributed by atoms with Gasteiger partial charge in [0.25, 0.3) is 0 Å². The second-order valence-corrected chi connectivity index (χ2v) is 8.51. The summed E-state index contributed by atoms with van der Waals surface area (Å²) in [6, 6.07) is 0.540. The van der Waals surface area contributed by atoms with E-state index in [2.05, 4.69) is 11.9 Å². The van der Waals surface area contributed by atoms with Crippen LogP contribution in [0.4, 0.5) is 0 Å². The largest absolute Gasteiger partial charge is 0.329 e. The fourth-order valence-corrected chi connectivity index (χ4v) is 5.54. The van der Waals surface area contributed by atoms with E-state index in [-0.39, 0.29) is 6.04 Å². The fourth-order valence-electron chi connectivity index (χ4n) is 3.75. The van der Waals surface area contributed by atoms with Crippen molar-refractivity contribution >= 4 is 9.84 Å². The molecule has 1 heterocycles. The van der Waals surface area contributed by atoms with Gasteiger partial charge in [-0.1, -0.05) is 25.7 Å². The normalized spacial score (nSPS) is 30.4. The van der Waals surface area contributed by atoms with Crippen molar-refractivity contribution in [2.45, 2.75) is 57.0 Å². The molecule has 5 heteroatoms. The highest BCUT2D eigenvalue weighted by atomic mass is 32.2. The van der Waals surface area contributed by atoms with Crippen LogP contribution >= 0.6 is 0 Å². The van der Waals surface area contributed by atoms with Crippen LogP contribution in [-0.4, -0.2) is 50.5 Å². The summed E-state index contributed by atoms with van der Waals surface area (Å²) in [6.45, 7) is 0.651. The Labute approximate surface area is 117 Å². The highest BCUT2D eigenvalue weighted by molar-refractivity contribution is 7.91. The Morgan fingerprint density at radius 2 is 1.79 bits per heavy atom. The molecule has 2 unspecified atom stereocenters. The van der Waals surface area contributed by atoms with E-state index in [1.807, 2.05) is 0 Å². The minimum absolute atomic E-state index is 0.182. The summed E-state index contributed by atoms with van der Waals surface area (Å²) in [5, 5.41) is 0. The third kappa shape index (κ3) is 3.92. The van der Waals surface area contributed by atoms with Gasteiger partial charge in [0.05, 0.1) is 11.5 Å². The van der Waals surface area contributed by atoms with E-state index in [4.69, 9.17) is 5.73 Å². The number of nitrogens with zero attached hydrogens (tertiary/aromatic N) is 1. The first kappa shape index (κ1) is 15.3. The number of hydrogen-bond acceptors (Lipinski definition) is 4. The van der Waals surface area contributed by atoms with Gasteiger partial charge >= 0.3 is 0 Å². The number of rotatable bonds is 4. The Morgan fingerprint density at radius 3 is 2.26 bits per heavy atom. The Balaban J connectivity index is 2.00. The van der Waals surface area contributed by atoms with E-state index in [1.165, 1.54) is 38.5 Å². The molecule has 1 saturated heterocycles. The zero-order valence-corrected chi connectivity index (χ0v) is 12.9. The van der Waals surface area contributed by atoms with E-state index >= 15 is 0 Å². The van der Waals surface area contributed by atoms with Crippen molar-refractivity contribution < 1.29 is 8.42 Å². The first-order chi connectivity index (χ1) is 9.03. The van der Waals surface area contributed by atoms with Crippen molar-refractivity contribution in [1.29, 1.82) is 0 Å². The first-order valence-electron chi connectivity index (χ1n) is 7.66. The molecular weight excluding hydrogens is 260 g/mol. The standard InChI is InChI=1S/C14H28N2O2S/c1-16(13-8-9-19(17,18)11-13)14(10-15)12-6-4-2-3-5-7-12/h12-14H,2-11,15H2,1H3. The Hall–Kier alpha value is -0.130. The highest BCUT2D eigenvalue weighted by Gasteiger charge is 2.35. The van der Waals surface area contributed by atoms with Gasteiger partial charge in [-0.25, -0.2) is 8.42 Å². The Kier molecular flexibility index (Phi) is 5.26. The maximum absolute atomic E-state index is 11.6. The molecule has 1 aliphatic heterocycles. The number of likely N-dealkylation sites (N-methyl/N-ethyl adjacent to an activating group) is 1. The maximum Gasteiger partial charge on any atom is 0.151 e. The smallest absolute Gasteiger partial charge is 0.151 e. The highest BCUT2D eigenvalue weighted by Crippen LogP contribution is 2.29. The molecule has 2 fully saturated rings. The van der Waals surface area contributed by atoms with Crippen LogP contribution in [0.5, 0.6) is 0 Å². The zero-order chi connectivity index (χ0) is 13.9. The van der Waals surface area contributed by atoms with Crippen LogP contribution in [0.1, 0.15) is 44.9 Å². The van der Waals surface area contributed by atoms with E-state index in [9.17, 15) is 8.42 Å². The lowest BCUT2D eigenvalue weighted by atomic mass is 9.90. The first-order valence-corrected chi connectivity index (χ1v) is 9.48. The predicted octanol–water partition coefficient (Wildman–Crippen LogP) is 1.40. The molecule has 0 aromatic carbocycles. The molecule has 2 aliphatic rings. The second-order valence-electron chi connectivity index (χ2n) is 6.28. The van der Waals surface area contributed by atoms with Crippen molar-refractivity contribution in [1.82, 2.24) is 4.90 Å². The van der Waals surface area contributed by atoms with Crippen LogP contribution in [0.3, 0.4) is 0 Å². The van der Waals surface area contributed by atoms with Crippen molar-refractivity contribution in [2.24, 2.45) is 11.7 Å². The van der Waals surface area contributed by atoms with Crippen LogP contribution in [0.15, 0.2) is 0 Å². The van der Waals surface area contributed by atoms with Gasteiger partial charge in [0.15, 0.2) is 9.84 Å². The van der Waals surface area contributed by atoms with Gasteiger partial charge in [0, 0.05) is 18.6 Å². The van der Waals surface area contributed by atoms with E-state index in [0.717, 1.165) is 6.42 Å². The lowest BCUT2D eigenvalue weighted by molar-refractivity contribution is 0.129. The minimum Gasteiger partial charge on any atom is -0.329 e. The SMILES string of the molecule is CN(C1CCS(=O)(=O)C1)C(CN)C1CCCCCC1. The lowest BCUT2D eigenvalue weighted by Gasteiger charge is -2.37. The average molecular weight is 288 g/mol. The quantitative estimate of drug-likeness (QED) is 0.794. The van der Waals surface area contributed by atoms with Crippen LogP contribution in [0, 0.1) is 5.92 Å². The van der Waals surface area contributed by atoms with Crippen molar-refractivity contribution in [3.05, 3.63) is 0 Å². The van der Waals surface area contributed by atoms with Crippen LogP contribution in [-0.2, 0) is 9.84 Å². The van der Waals surface area contributed by atoms with Crippen molar-refractivity contribution in [2.75, 3.05) is 25.1 Å². The van der Waals surface area contributed by atoms with Gasteiger partial charge in [-0.05, 0) is 32.2 Å². The van der Waals surface area contributed by atoms with E-state index in [1.54, 1.807) is 0 Å². The average Bonchev–Trinajstić information content (AvgIpc) is 2.58. The summed E-state index contributed by atoms with van der Waals surface area (Å²) in [5.41, 5.74) is 6.00. The van der Waals surface area contributed by atoms with Gasteiger partial charge < -0.3 is 5.73 Å². The molecular formula is C14H28N2O2S. The maximum atomic E-state index is 11.6. The summed E-state index contributed by atoms with van der Waals surface area (Å²) in [7, 11) is -0.725. The molecule has 0 bridgehead atoms. The van der Waals surface area contributed by atoms with Crippen molar-refractivity contribution in [3.63, 3.8) is 0 Å². The molecule has 0 amide bonds. The van der Waals surface area contributed by atoms with Gasteiger partial charge in [-0.3, -0.25) is 4.90 Å². The number of hydrogen-bond donors (Lipinski definition) is 1. The fraction of sp³-hybridized carbons (Fsp3) is 1.00.